The van der Waals surface area contributed by atoms with Crippen molar-refractivity contribution >= 4 is 40.3 Å². The Morgan fingerprint density at radius 2 is 2.03 bits per heavy atom. The molecule has 3 aromatic heterocycles. The van der Waals surface area contributed by atoms with E-state index >= 15 is 0 Å². The second-order valence-electron chi connectivity index (χ2n) is 6.35. The number of fused-ring (bicyclic) bond motifs is 1. The molecule has 1 atom stereocenters. The maximum atomic E-state index is 13.4. The van der Waals surface area contributed by atoms with Gasteiger partial charge in [0.05, 0.1) is 18.1 Å². The number of ether oxygens (including phenoxy) is 1. The van der Waals surface area contributed by atoms with E-state index in [1.807, 2.05) is 6.07 Å². The normalized spacial score (nSPS) is 16.1. The number of carbonyl (C=O) groups excluding carboxylic acids is 2. The van der Waals surface area contributed by atoms with Gasteiger partial charge in [0, 0.05) is 30.0 Å². The van der Waals surface area contributed by atoms with Gasteiger partial charge < -0.3 is 10.5 Å². The number of esters is 1. The average molecular weight is 417 g/mol. The standard InChI is InChI=1S/C21H15N5O3S/c1-29-21(28)19-17-14(8-12-4-2-6-24-10-12)16(23)15(9-22)26(17)20(27)18(30-19)13-5-3-7-25-11-13/h2-8,10-11,18H,23H2,1H3/b14-8+/t18-/m0/s1. The van der Waals surface area contributed by atoms with Crippen LogP contribution in [0.2, 0.25) is 0 Å². The van der Waals surface area contributed by atoms with Crippen molar-refractivity contribution in [2.45, 2.75) is 5.25 Å². The first kappa shape index (κ1) is 19.4. The number of nitrogens with zero attached hydrogens (tertiary/aromatic N) is 4. The average Bonchev–Trinajstić information content (AvgIpc) is 3.07. The second kappa shape index (κ2) is 7.85. The third kappa shape index (κ3) is 3.13. The summed E-state index contributed by atoms with van der Waals surface area (Å²) in [5.74, 6) is -1.00. The summed E-state index contributed by atoms with van der Waals surface area (Å²) in [6.07, 6.45) is 8.07. The first-order valence-electron chi connectivity index (χ1n) is 8.82. The molecule has 9 heteroatoms. The molecule has 8 nitrogen and oxygen atoms in total. The summed E-state index contributed by atoms with van der Waals surface area (Å²) in [6, 6.07) is 8.99. The first-order valence-corrected chi connectivity index (χ1v) is 9.70. The molecule has 4 rings (SSSR count). The van der Waals surface area contributed by atoms with Gasteiger partial charge in [0.1, 0.15) is 16.2 Å². The fourth-order valence-corrected chi connectivity index (χ4v) is 4.47. The lowest BCUT2D eigenvalue weighted by molar-refractivity contribution is -0.133. The molecule has 1 aliphatic rings. The number of nitrogens with two attached hydrogens (primary N) is 1. The highest BCUT2D eigenvalue weighted by atomic mass is 32.2. The Kier molecular flexibility index (Phi) is 5.08. The second-order valence-corrected chi connectivity index (χ2v) is 7.46. The number of nitriles is 1. The lowest BCUT2D eigenvalue weighted by atomic mass is 10.2. The molecular formula is C21H15N5O3S. The van der Waals surface area contributed by atoms with E-state index in [1.54, 1.807) is 55.1 Å². The molecule has 30 heavy (non-hydrogen) atoms. The molecule has 0 unspecified atom stereocenters. The Hall–Kier alpha value is -3.90. The minimum absolute atomic E-state index is 0.0271. The van der Waals surface area contributed by atoms with Gasteiger partial charge in [-0.05, 0) is 29.3 Å². The number of hydrogen-bond acceptors (Lipinski definition) is 8. The molecule has 0 aromatic carbocycles. The number of nitrogen functional groups attached to an aromatic ring is 1. The van der Waals surface area contributed by atoms with Gasteiger partial charge >= 0.3 is 5.97 Å². The quantitative estimate of drug-likeness (QED) is 0.625. The smallest absolute Gasteiger partial charge is 0.346 e. The molecule has 0 amide bonds. The SMILES string of the molecule is COC(=O)C1=c2/c(=C/c3cccnc3)c(N)c(C#N)n2C(=O)[C@H](c2cccnc2)S1. The molecule has 0 saturated heterocycles. The Bertz CT molecular complexity index is 1310. The van der Waals surface area contributed by atoms with Crippen LogP contribution in [0.15, 0.2) is 49.1 Å². The Morgan fingerprint density at radius 1 is 1.30 bits per heavy atom. The number of rotatable bonds is 3. The molecule has 0 radical (unpaired) electrons. The third-order valence-corrected chi connectivity index (χ3v) is 5.91. The van der Waals surface area contributed by atoms with E-state index in [9.17, 15) is 14.9 Å². The van der Waals surface area contributed by atoms with Gasteiger partial charge in [0.2, 0.25) is 5.91 Å². The fraction of sp³-hybridized carbons (Fsp3) is 0.0952. The summed E-state index contributed by atoms with van der Waals surface area (Å²) in [5, 5.41) is 9.60. The van der Waals surface area contributed by atoms with Crippen molar-refractivity contribution in [1.82, 2.24) is 14.5 Å². The van der Waals surface area contributed by atoms with Gasteiger partial charge in [-0.3, -0.25) is 19.3 Å². The maximum Gasteiger partial charge on any atom is 0.346 e. The van der Waals surface area contributed by atoms with Crippen LogP contribution in [0.4, 0.5) is 5.69 Å². The van der Waals surface area contributed by atoms with Crippen LogP contribution >= 0.6 is 11.8 Å². The Labute approximate surface area is 175 Å². The molecular weight excluding hydrogens is 402 g/mol. The molecule has 0 spiro atoms. The van der Waals surface area contributed by atoms with Gasteiger partial charge in [0.15, 0.2) is 5.69 Å². The number of aromatic nitrogens is 3. The number of hydrogen-bond donors (Lipinski definition) is 1. The lowest BCUT2D eigenvalue weighted by Crippen LogP contribution is -2.42. The first-order chi connectivity index (χ1) is 14.6. The molecule has 0 bridgehead atoms. The van der Waals surface area contributed by atoms with Crippen LogP contribution in [0.5, 0.6) is 0 Å². The molecule has 3 aromatic rings. The number of anilines is 1. The maximum absolute atomic E-state index is 13.4. The number of pyridine rings is 2. The number of methoxy groups -OCH3 is 1. The van der Waals surface area contributed by atoms with Crippen molar-refractivity contribution in [2.24, 2.45) is 0 Å². The Balaban J connectivity index is 2.09. The van der Waals surface area contributed by atoms with Crippen LogP contribution in [-0.2, 0) is 9.53 Å². The highest BCUT2D eigenvalue weighted by Gasteiger charge is 2.36. The predicted octanol–water partition coefficient (Wildman–Crippen LogP) is 0.970. The van der Waals surface area contributed by atoms with Crippen molar-refractivity contribution in [2.75, 3.05) is 12.8 Å². The summed E-state index contributed by atoms with van der Waals surface area (Å²) >= 11 is 1.06. The van der Waals surface area contributed by atoms with Gasteiger partial charge in [-0.1, -0.05) is 23.9 Å². The predicted molar refractivity (Wildman–Crippen MR) is 111 cm³/mol. The molecule has 0 saturated carbocycles. The van der Waals surface area contributed by atoms with Gasteiger partial charge in [-0.2, -0.15) is 5.26 Å². The molecule has 2 N–H and O–H groups in total. The molecule has 4 heterocycles. The number of thioether (sulfide) groups is 1. The topological polar surface area (TPSA) is 124 Å². The largest absolute Gasteiger partial charge is 0.465 e. The van der Waals surface area contributed by atoms with Crippen LogP contribution in [0.1, 0.15) is 26.9 Å². The summed E-state index contributed by atoms with van der Waals surface area (Å²) in [5.41, 5.74) is 7.65. The molecule has 1 aliphatic heterocycles. The van der Waals surface area contributed by atoms with E-state index in [0.29, 0.717) is 16.3 Å². The van der Waals surface area contributed by atoms with E-state index in [2.05, 4.69) is 9.97 Å². The summed E-state index contributed by atoms with van der Waals surface area (Å²) in [4.78, 5) is 34.4. The zero-order chi connectivity index (χ0) is 21.3. The van der Waals surface area contributed by atoms with Crippen molar-refractivity contribution in [1.29, 1.82) is 5.26 Å². The highest BCUT2D eigenvalue weighted by molar-refractivity contribution is 8.10. The van der Waals surface area contributed by atoms with E-state index in [1.165, 1.54) is 11.7 Å². The van der Waals surface area contributed by atoms with E-state index in [-0.39, 0.29) is 27.5 Å². The molecule has 0 fully saturated rings. The monoisotopic (exact) mass is 417 g/mol. The molecule has 148 valence electrons. The summed E-state index contributed by atoms with van der Waals surface area (Å²) < 4.78 is 6.17. The van der Waals surface area contributed by atoms with Crippen molar-refractivity contribution in [3.63, 3.8) is 0 Å². The minimum atomic E-state index is -0.773. The van der Waals surface area contributed by atoms with Gasteiger partial charge in [0.25, 0.3) is 0 Å². The van der Waals surface area contributed by atoms with Crippen LogP contribution in [0, 0.1) is 11.3 Å². The van der Waals surface area contributed by atoms with E-state index < -0.39 is 11.2 Å². The van der Waals surface area contributed by atoms with Crippen molar-refractivity contribution < 1.29 is 14.3 Å². The fourth-order valence-electron chi connectivity index (χ4n) is 3.26. The minimum Gasteiger partial charge on any atom is -0.465 e. The highest BCUT2D eigenvalue weighted by Crippen LogP contribution is 2.39. The van der Waals surface area contributed by atoms with Crippen LogP contribution in [-0.4, -0.2) is 33.5 Å². The summed E-state index contributed by atoms with van der Waals surface area (Å²) in [6.45, 7) is 0. The molecule has 0 aliphatic carbocycles. The Morgan fingerprint density at radius 3 is 2.63 bits per heavy atom. The van der Waals surface area contributed by atoms with Crippen molar-refractivity contribution in [3.05, 3.63) is 76.4 Å². The van der Waals surface area contributed by atoms with E-state index in [4.69, 9.17) is 10.5 Å². The van der Waals surface area contributed by atoms with Gasteiger partial charge in [-0.15, -0.1) is 0 Å². The van der Waals surface area contributed by atoms with Gasteiger partial charge in [-0.25, -0.2) is 4.79 Å². The van der Waals surface area contributed by atoms with Crippen LogP contribution in [0.3, 0.4) is 0 Å². The van der Waals surface area contributed by atoms with Crippen molar-refractivity contribution in [3.8, 4) is 6.07 Å². The summed E-state index contributed by atoms with van der Waals surface area (Å²) in [7, 11) is 1.26. The van der Waals surface area contributed by atoms with E-state index in [0.717, 1.165) is 11.8 Å². The lowest BCUT2D eigenvalue weighted by Gasteiger charge is -2.22. The van der Waals surface area contributed by atoms with Crippen LogP contribution in [0.25, 0.3) is 11.0 Å². The number of carbonyl (C=O) groups is 2. The van der Waals surface area contributed by atoms with Crippen LogP contribution < -0.4 is 16.3 Å². The zero-order valence-corrected chi connectivity index (χ0v) is 16.6. The third-order valence-electron chi connectivity index (χ3n) is 4.60. The zero-order valence-electron chi connectivity index (χ0n) is 15.8.